The molecule has 254 valence electrons. The van der Waals surface area contributed by atoms with E-state index < -0.39 is 11.6 Å². The van der Waals surface area contributed by atoms with Gasteiger partial charge in [0.15, 0.2) is 0 Å². The third kappa shape index (κ3) is 10.7. The molecule has 0 amide bonds. The molecule has 1 heterocycles. The standard InChI is InChI=1S/C35H36ClNO3S.C6H13N/c1-34(2,40)30-9-4-3-7-25(30)13-17-32(41-23-35(18-19-35)22-33(38)39)27-8-5-6-24(20-27)10-15-29-16-12-26-11-14-28(36)21-31(26)37-29;7-6-4-2-1-3-5-6/h3-12,14-16,20-21,32,40H,13,17-19,22-23H2,1-2H3,(H,38,39);6H,1-5,7H2/t32-;/m1./s1. The zero-order valence-corrected chi connectivity index (χ0v) is 29.8. The van der Waals surface area contributed by atoms with Crippen LogP contribution in [-0.2, 0) is 16.8 Å². The molecule has 1 aromatic heterocycles. The highest BCUT2D eigenvalue weighted by Crippen LogP contribution is 2.53. The zero-order chi connectivity index (χ0) is 34.1. The molecule has 0 spiro atoms. The molecule has 4 aromatic rings. The van der Waals surface area contributed by atoms with Gasteiger partial charge >= 0.3 is 5.97 Å². The van der Waals surface area contributed by atoms with Crippen molar-refractivity contribution in [2.24, 2.45) is 11.1 Å². The molecule has 6 rings (SSSR count). The molecule has 48 heavy (non-hydrogen) atoms. The number of carboxylic acids is 1. The van der Waals surface area contributed by atoms with E-state index >= 15 is 0 Å². The lowest BCUT2D eigenvalue weighted by Gasteiger charge is -2.24. The van der Waals surface area contributed by atoms with E-state index in [1.807, 2.05) is 74.1 Å². The highest BCUT2D eigenvalue weighted by atomic mass is 35.5. The first-order valence-electron chi connectivity index (χ1n) is 17.2. The van der Waals surface area contributed by atoms with Gasteiger partial charge in [0.2, 0.25) is 0 Å². The number of nitrogens with zero attached hydrogens (tertiary/aromatic N) is 1. The summed E-state index contributed by atoms with van der Waals surface area (Å²) in [6.45, 7) is 3.66. The fourth-order valence-corrected chi connectivity index (χ4v) is 8.23. The summed E-state index contributed by atoms with van der Waals surface area (Å²) in [5.74, 6) is 0.122. The molecule has 4 N–H and O–H groups in total. The Bertz CT molecular complexity index is 1710. The van der Waals surface area contributed by atoms with Gasteiger partial charge in [-0.1, -0.05) is 97.6 Å². The number of aliphatic carboxylic acids is 1. The van der Waals surface area contributed by atoms with Crippen LogP contribution in [0.2, 0.25) is 5.02 Å². The summed E-state index contributed by atoms with van der Waals surface area (Å²) in [4.78, 5) is 16.2. The van der Waals surface area contributed by atoms with E-state index in [2.05, 4.69) is 42.5 Å². The summed E-state index contributed by atoms with van der Waals surface area (Å²) in [5, 5.41) is 22.1. The van der Waals surface area contributed by atoms with Gasteiger partial charge in [-0.15, -0.1) is 0 Å². The van der Waals surface area contributed by atoms with Gasteiger partial charge in [0.05, 0.1) is 23.2 Å². The van der Waals surface area contributed by atoms with Gasteiger partial charge in [0, 0.05) is 27.5 Å². The van der Waals surface area contributed by atoms with Crippen LogP contribution < -0.4 is 5.73 Å². The largest absolute Gasteiger partial charge is 0.481 e. The maximum absolute atomic E-state index is 11.5. The summed E-state index contributed by atoms with van der Waals surface area (Å²) < 4.78 is 0. The van der Waals surface area contributed by atoms with Crippen molar-refractivity contribution >= 4 is 52.4 Å². The molecular formula is C41H49ClN2O3S. The van der Waals surface area contributed by atoms with Gasteiger partial charge in [0.1, 0.15) is 0 Å². The minimum absolute atomic E-state index is 0.0814. The molecule has 2 aliphatic carbocycles. The van der Waals surface area contributed by atoms with E-state index in [1.54, 1.807) is 0 Å². The Morgan fingerprint density at radius 1 is 1.02 bits per heavy atom. The second-order valence-electron chi connectivity index (χ2n) is 14.1. The molecule has 0 aliphatic heterocycles. The third-order valence-corrected chi connectivity index (χ3v) is 11.4. The predicted octanol–water partition coefficient (Wildman–Crippen LogP) is 10.2. The van der Waals surface area contributed by atoms with Crippen LogP contribution in [0.1, 0.15) is 105 Å². The maximum Gasteiger partial charge on any atom is 0.303 e. The number of rotatable bonds is 12. The lowest BCUT2D eigenvalue weighted by atomic mass is 9.90. The summed E-state index contributed by atoms with van der Waals surface area (Å²) in [5.41, 5.74) is 10.8. The fourth-order valence-electron chi connectivity index (χ4n) is 6.49. The smallest absolute Gasteiger partial charge is 0.303 e. The monoisotopic (exact) mass is 684 g/mol. The van der Waals surface area contributed by atoms with E-state index in [1.165, 1.54) is 37.7 Å². The van der Waals surface area contributed by atoms with Crippen molar-refractivity contribution in [1.82, 2.24) is 4.98 Å². The van der Waals surface area contributed by atoms with Gasteiger partial charge < -0.3 is 15.9 Å². The molecule has 0 bridgehead atoms. The summed E-state index contributed by atoms with van der Waals surface area (Å²) in [6, 6.07) is 27.0. The highest BCUT2D eigenvalue weighted by molar-refractivity contribution is 7.99. The number of pyridine rings is 1. The number of carboxylic acid groups (broad SMARTS) is 1. The first-order valence-corrected chi connectivity index (χ1v) is 18.7. The van der Waals surface area contributed by atoms with Crippen molar-refractivity contribution < 1.29 is 15.0 Å². The molecule has 0 unspecified atom stereocenters. The van der Waals surface area contributed by atoms with E-state index in [0.29, 0.717) is 11.1 Å². The van der Waals surface area contributed by atoms with E-state index in [9.17, 15) is 15.0 Å². The van der Waals surface area contributed by atoms with Gasteiger partial charge in [0.25, 0.3) is 0 Å². The Labute approximate surface area is 295 Å². The number of aryl methyl sites for hydroxylation is 1. The Morgan fingerprint density at radius 3 is 2.46 bits per heavy atom. The molecule has 5 nitrogen and oxygen atoms in total. The van der Waals surface area contributed by atoms with Gasteiger partial charge in [-0.2, -0.15) is 11.8 Å². The van der Waals surface area contributed by atoms with Gasteiger partial charge in [-0.25, -0.2) is 4.98 Å². The second kappa shape index (κ2) is 16.5. The van der Waals surface area contributed by atoms with Crippen LogP contribution in [-0.4, -0.2) is 33.0 Å². The lowest BCUT2D eigenvalue weighted by Crippen LogP contribution is -2.22. The topological polar surface area (TPSA) is 96.4 Å². The molecule has 7 heteroatoms. The molecule has 2 aliphatic rings. The van der Waals surface area contributed by atoms with E-state index in [4.69, 9.17) is 22.3 Å². The molecule has 0 radical (unpaired) electrons. The number of aliphatic hydroxyl groups is 1. The fraction of sp³-hybridized carbons (Fsp3) is 0.415. The Kier molecular flexibility index (Phi) is 12.4. The Balaban J connectivity index is 0.000000572. The molecule has 3 aromatic carbocycles. The minimum atomic E-state index is -0.911. The number of fused-ring (bicyclic) bond motifs is 1. The van der Waals surface area contributed by atoms with Gasteiger partial charge in [-0.3, -0.25) is 4.79 Å². The average molecular weight is 685 g/mol. The van der Waals surface area contributed by atoms with E-state index in [0.717, 1.165) is 64.7 Å². The molecule has 0 saturated heterocycles. The Morgan fingerprint density at radius 2 is 1.77 bits per heavy atom. The van der Waals surface area contributed by atoms with Crippen LogP contribution in [0.15, 0.2) is 78.9 Å². The highest BCUT2D eigenvalue weighted by Gasteiger charge is 2.44. The Hall–Kier alpha value is -3.16. The number of hydrogen-bond donors (Lipinski definition) is 3. The molecule has 1 atom stereocenters. The van der Waals surface area contributed by atoms with Crippen LogP contribution in [0.25, 0.3) is 23.1 Å². The molecular weight excluding hydrogens is 636 g/mol. The normalized spacial score (nSPS) is 16.8. The van der Waals surface area contributed by atoms with E-state index in [-0.39, 0.29) is 17.1 Å². The second-order valence-corrected chi connectivity index (χ2v) is 15.7. The van der Waals surface area contributed by atoms with Crippen molar-refractivity contribution in [2.45, 2.75) is 94.9 Å². The van der Waals surface area contributed by atoms with Crippen LogP contribution in [0.3, 0.4) is 0 Å². The summed E-state index contributed by atoms with van der Waals surface area (Å²) >= 11 is 8.04. The van der Waals surface area contributed by atoms with Crippen LogP contribution in [0.5, 0.6) is 0 Å². The summed E-state index contributed by atoms with van der Waals surface area (Å²) in [7, 11) is 0. The first kappa shape index (κ1) is 36.1. The number of hydrogen-bond acceptors (Lipinski definition) is 5. The maximum atomic E-state index is 11.5. The lowest BCUT2D eigenvalue weighted by molar-refractivity contribution is -0.138. The number of nitrogens with two attached hydrogens (primary N) is 1. The third-order valence-electron chi connectivity index (χ3n) is 9.48. The molecule has 2 saturated carbocycles. The van der Waals surface area contributed by atoms with Crippen LogP contribution >= 0.6 is 23.4 Å². The quantitative estimate of drug-likeness (QED) is 0.137. The summed E-state index contributed by atoms with van der Waals surface area (Å²) in [6.07, 6.45) is 14.7. The predicted molar refractivity (Wildman–Crippen MR) is 202 cm³/mol. The van der Waals surface area contributed by atoms with Crippen molar-refractivity contribution in [3.8, 4) is 0 Å². The average Bonchev–Trinajstić information content (AvgIpc) is 3.82. The zero-order valence-electron chi connectivity index (χ0n) is 28.2. The number of benzene rings is 3. The molecule has 2 fully saturated rings. The minimum Gasteiger partial charge on any atom is -0.481 e. The number of carbonyl (C=O) groups is 1. The van der Waals surface area contributed by atoms with Crippen molar-refractivity contribution in [3.05, 3.63) is 112 Å². The number of halogens is 1. The van der Waals surface area contributed by atoms with Crippen molar-refractivity contribution in [1.29, 1.82) is 0 Å². The van der Waals surface area contributed by atoms with Crippen molar-refractivity contribution in [2.75, 3.05) is 5.75 Å². The van der Waals surface area contributed by atoms with Crippen molar-refractivity contribution in [3.63, 3.8) is 0 Å². The van der Waals surface area contributed by atoms with Crippen LogP contribution in [0, 0.1) is 5.41 Å². The SMILES string of the molecule is CC(C)(O)c1ccccc1CC[C@@H](SCC1(CC(=O)O)CC1)c1cccc(C=Cc2ccc3ccc(Cl)cc3n2)c1.NC1CCCCC1. The number of thioether (sulfide) groups is 1. The van der Waals surface area contributed by atoms with Gasteiger partial charge in [-0.05, 0) is 104 Å². The number of aromatic nitrogens is 1. The van der Waals surface area contributed by atoms with Crippen LogP contribution in [0.4, 0.5) is 0 Å². The first-order chi connectivity index (χ1) is 23.0.